The fraction of sp³-hybridized carbons (Fsp3) is 0.368. The van der Waals surface area contributed by atoms with Gasteiger partial charge in [0.15, 0.2) is 0 Å². The summed E-state index contributed by atoms with van der Waals surface area (Å²) in [4.78, 5) is 20.4. The van der Waals surface area contributed by atoms with Crippen molar-refractivity contribution < 1.29 is 0 Å². The molecule has 3 aromatic rings. The highest BCUT2D eigenvalue weighted by Gasteiger charge is 2.26. The van der Waals surface area contributed by atoms with Crippen molar-refractivity contribution in [3.63, 3.8) is 0 Å². The van der Waals surface area contributed by atoms with Crippen molar-refractivity contribution in [1.29, 1.82) is 0 Å². The zero-order valence-electron chi connectivity index (χ0n) is 14.4. The lowest BCUT2D eigenvalue weighted by atomic mass is 9.97. The first kappa shape index (κ1) is 15.7. The minimum absolute atomic E-state index is 0.386. The van der Waals surface area contributed by atoms with Gasteiger partial charge in [0.2, 0.25) is 5.95 Å². The summed E-state index contributed by atoms with van der Waals surface area (Å²) in [5, 5.41) is 0. The van der Waals surface area contributed by atoms with E-state index in [0.717, 1.165) is 55.6 Å². The van der Waals surface area contributed by atoms with Crippen LogP contribution in [0.4, 0.5) is 5.95 Å². The van der Waals surface area contributed by atoms with Gasteiger partial charge in [-0.1, -0.05) is 6.07 Å². The number of anilines is 1. The van der Waals surface area contributed by atoms with E-state index in [4.69, 9.17) is 0 Å². The Balaban J connectivity index is 1.53. The molecule has 1 fully saturated rings. The molecule has 6 heteroatoms. The number of rotatable bonds is 4. The van der Waals surface area contributed by atoms with Gasteiger partial charge in [-0.25, -0.2) is 15.0 Å². The summed E-state index contributed by atoms with van der Waals surface area (Å²) >= 11 is 0. The lowest BCUT2D eigenvalue weighted by Gasteiger charge is -2.32. The van der Waals surface area contributed by atoms with Crippen LogP contribution in [-0.2, 0) is 6.54 Å². The van der Waals surface area contributed by atoms with Gasteiger partial charge in [-0.2, -0.15) is 0 Å². The zero-order valence-corrected chi connectivity index (χ0v) is 14.4. The molecule has 0 aromatic carbocycles. The smallest absolute Gasteiger partial charge is 0.225 e. The zero-order chi connectivity index (χ0) is 17.1. The van der Waals surface area contributed by atoms with Crippen molar-refractivity contribution in [2.24, 2.45) is 0 Å². The van der Waals surface area contributed by atoms with Crippen molar-refractivity contribution >= 4 is 5.95 Å². The molecule has 0 aliphatic carbocycles. The van der Waals surface area contributed by atoms with Crippen molar-refractivity contribution in [2.75, 3.05) is 18.0 Å². The molecule has 1 unspecified atom stereocenters. The maximum absolute atomic E-state index is 4.65. The Bertz CT molecular complexity index is 829. The molecule has 1 aliphatic rings. The number of aryl methyl sites for hydroxylation is 1. The summed E-state index contributed by atoms with van der Waals surface area (Å²) in [6.45, 7) is 4.67. The number of pyridine rings is 1. The molecule has 0 amide bonds. The molecular weight excluding hydrogens is 312 g/mol. The molecule has 1 atom stereocenters. The first-order valence-electron chi connectivity index (χ1n) is 8.75. The third-order valence-electron chi connectivity index (χ3n) is 4.66. The van der Waals surface area contributed by atoms with Gasteiger partial charge in [0, 0.05) is 49.5 Å². The number of aromatic nitrogens is 5. The summed E-state index contributed by atoms with van der Waals surface area (Å²) in [5.74, 6) is 2.34. The molecule has 4 rings (SSSR count). The minimum atomic E-state index is 0.386. The first-order chi connectivity index (χ1) is 12.3. The van der Waals surface area contributed by atoms with E-state index in [2.05, 4.69) is 35.5 Å². The number of imidazole rings is 1. The van der Waals surface area contributed by atoms with Gasteiger partial charge < -0.3 is 9.47 Å². The standard InChI is InChI=1S/C19H22N6/c1-15-7-9-22-19(23-15)25-11-4-5-16(13-25)18-21-10-12-24(18)14-17-6-2-3-8-20-17/h2-3,6-10,12,16H,4-5,11,13-14H2,1H3. The van der Waals surface area contributed by atoms with E-state index in [1.807, 2.05) is 49.9 Å². The average Bonchev–Trinajstić information content (AvgIpc) is 3.11. The van der Waals surface area contributed by atoms with E-state index in [1.165, 1.54) is 0 Å². The van der Waals surface area contributed by atoms with Gasteiger partial charge in [0.1, 0.15) is 5.82 Å². The van der Waals surface area contributed by atoms with Crippen LogP contribution in [0.2, 0.25) is 0 Å². The van der Waals surface area contributed by atoms with Gasteiger partial charge in [-0.3, -0.25) is 4.98 Å². The van der Waals surface area contributed by atoms with Crippen LogP contribution in [0, 0.1) is 6.92 Å². The molecule has 25 heavy (non-hydrogen) atoms. The number of piperidine rings is 1. The molecule has 0 N–H and O–H groups in total. The summed E-state index contributed by atoms with van der Waals surface area (Å²) in [6, 6.07) is 7.96. The third kappa shape index (κ3) is 3.52. The van der Waals surface area contributed by atoms with Gasteiger partial charge >= 0.3 is 0 Å². The molecule has 6 nitrogen and oxygen atoms in total. The monoisotopic (exact) mass is 334 g/mol. The Kier molecular flexibility index (Phi) is 4.41. The van der Waals surface area contributed by atoms with Crippen LogP contribution in [0.15, 0.2) is 49.1 Å². The van der Waals surface area contributed by atoms with E-state index < -0.39 is 0 Å². The number of hydrogen-bond donors (Lipinski definition) is 0. The molecule has 0 bridgehead atoms. The Morgan fingerprint density at radius 2 is 2.04 bits per heavy atom. The molecular formula is C19H22N6. The summed E-state index contributed by atoms with van der Waals surface area (Å²) in [7, 11) is 0. The molecule has 4 heterocycles. The van der Waals surface area contributed by atoms with E-state index >= 15 is 0 Å². The van der Waals surface area contributed by atoms with Crippen LogP contribution >= 0.6 is 0 Å². The van der Waals surface area contributed by atoms with Crippen molar-refractivity contribution in [3.8, 4) is 0 Å². The van der Waals surface area contributed by atoms with Crippen molar-refractivity contribution in [3.05, 3.63) is 66.3 Å². The van der Waals surface area contributed by atoms with Crippen LogP contribution in [0.3, 0.4) is 0 Å². The number of nitrogens with zero attached hydrogens (tertiary/aromatic N) is 6. The van der Waals surface area contributed by atoms with Crippen LogP contribution in [-0.4, -0.2) is 37.6 Å². The summed E-state index contributed by atoms with van der Waals surface area (Å²) < 4.78 is 2.22. The van der Waals surface area contributed by atoms with Gasteiger partial charge in [0.25, 0.3) is 0 Å². The summed E-state index contributed by atoms with van der Waals surface area (Å²) in [6.07, 6.45) is 9.87. The van der Waals surface area contributed by atoms with E-state index in [1.54, 1.807) is 0 Å². The van der Waals surface area contributed by atoms with E-state index in [9.17, 15) is 0 Å². The molecule has 3 aromatic heterocycles. The fourth-order valence-corrected chi connectivity index (χ4v) is 3.44. The highest BCUT2D eigenvalue weighted by Crippen LogP contribution is 2.28. The molecule has 1 aliphatic heterocycles. The Morgan fingerprint density at radius 3 is 2.88 bits per heavy atom. The normalized spacial score (nSPS) is 17.6. The molecule has 1 saturated heterocycles. The predicted octanol–water partition coefficient (Wildman–Crippen LogP) is 2.81. The second-order valence-corrected chi connectivity index (χ2v) is 6.52. The maximum Gasteiger partial charge on any atom is 0.225 e. The van der Waals surface area contributed by atoms with Gasteiger partial charge in [-0.05, 0) is 38.0 Å². The van der Waals surface area contributed by atoms with Gasteiger partial charge in [-0.15, -0.1) is 0 Å². The van der Waals surface area contributed by atoms with Crippen LogP contribution in [0.5, 0.6) is 0 Å². The number of hydrogen-bond acceptors (Lipinski definition) is 5. The summed E-state index contributed by atoms with van der Waals surface area (Å²) in [5.41, 5.74) is 2.06. The van der Waals surface area contributed by atoms with E-state index in [0.29, 0.717) is 5.92 Å². The van der Waals surface area contributed by atoms with Gasteiger partial charge in [0.05, 0.1) is 12.2 Å². The molecule has 0 radical (unpaired) electrons. The molecule has 128 valence electrons. The van der Waals surface area contributed by atoms with Crippen LogP contribution in [0.1, 0.15) is 36.0 Å². The van der Waals surface area contributed by atoms with Crippen molar-refractivity contribution in [2.45, 2.75) is 32.2 Å². The quantitative estimate of drug-likeness (QED) is 0.734. The lowest BCUT2D eigenvalue weighted by molar-refractivity contribution is 0.470. The second-order valence-electron chi connectivity index (χ2n) is 6.52. The second kappa shape index (κ2) is 7.01. The fourth-order valence-electron chi connectivity index (χ4n) is 3.44. The molecule has 0 spiro atoms. The van der Waals surface area contributed by atoms with Crippen LogP contribution in [0.25, 0.3) is 0 Å². The van der Waals surface area contributed by atoms with Crippen LogP contribution < -0.4 is 4.90 Å². The Hall–Kier alpha value is -2.76. The highest BCUT2D eigenvalue weighted by molar-refractivity contribution is 5.32. The SMILES string of the molecule is Cc1ccnc(N2CCCC(c3nccn3Cc3ccccn3)C2)n1. The van der Waals surface area contributed by atoms with Crippen molar-refractivity contribution in [1.82, 2.24) is 24.5 Å². The average molecular weight is 334 g/mol. The Labute approximate surface area is 147 Å². The highest BCUT2D eigenvalue weighted by atomic mass is 15.3. The Morgan fingerprint density at radius 1 is 1.08 bits per heavy atom. The third-order valence-corrected chi connectivity index (χ3v) is 4.66. The minimum Gasteiger partial charge on any atom is -0.340 e. The largest absolute Gasteiger partial charge is 0.340 e. The predicted molar refractivity (Wildman–Crippen MR) is 96.5 cm³/mol. The molecule has 0 saturated carbocycles. The first-order valence-corrected chi connectivity index (χ1v) is 8.75. The van der Waals surface area contributed by atoms with E-state index in [-0.39, 0.29) is 0 Å². The topological polar surface area (TPSA) is 59.7 Å². The lowest BCUT2D eigenvalue weighted by Crippen LogP contribution is -2.36. The maximum atomic E-state index is 4.65.